The molecule has 1 aromatic carbocycles. The Labute approximate surface area is 115 Å². The van der Waals surface area contributed by atoms with Crippen LogP contribution in [-0.2, 0) is 28.2 Å². The fourth-order valence-corrected chi connectivity index (χ4v) is 3.18. The largest absolute Gasteiger partial charge is 0.593 e. The van der Waals surface area contributed by atoms with Crippen LogP contribution < -0.4 is 0 Å². The summed E-state index contributed by atoms with van der Waals surface area (Å²) in [5.74, 6) is 0. The van der Waals surface area contributed by atoms with E-state index in [-0.39, 0.29) is 0 Å². The van der Waals surface area contributed by atoms with Gasteiger partial charge in [0, 0.05) is 26.0 Å². The monoisotopic (exact) mass is 278 g/mol. The van der Waals surface area contributed by atoms with E-state index >= 15 is 0 Å². The second kappa shape index (κ2) is 5.28. The summed E-state index contributed by atoms with van der Waals surface area (Å²) in [7, 11) is 0.0727. The van der Waals surface area contributed by atoms with Crippen molar-refractivity contribution < 1.29 is 8.76 Å². The lowest BCUT2D eigenvalue weighted by Gasteiger charge is -2.24. The first-order chi connectivity index (χ1) is 8.91. The van der Waals surface area contributed by atoms with Gasteiger partial charge in [0.2, 0.25) is 0 Å². The molecule has 4 nitrogen and oxygen atoms in total. The van der Waals surface area contributed by atoms with Crippen LogP contribution >= 0.6 is 0 Å². The summed E-state index contributed by atoms with van der Waals surface area (Å²) >= 11 is 0. The fourth-order valence-electron chi connectivity index (χ4n) is 1.93. The van der Waals surface area contributed by atoms with E-state index in [0.29, 0.717) is 11.4 Å². The number of hydrogen-bond acceptors (Lipinski definition) is 2. The highest BCUT2D eigenvalue weighted by atomic mass is 32.3. The van der Waals surface area contributed by atoms with Crippen molar-refractivity contribution in [3.05, 3.63) is 53.9 Å². The third-order valence-electron chi connectivity index (χ3n) is 3.13. The highest BCUT2D eigenvalue weighted by Crippen LogP contribution is 2.22. The molecule has 0 radical (unpaired) electrons. The summed E-state index contributed by atoms with van der Waals surface area (Å²) in [5, 5.41) is 0. The minimum Gasteiger partial charge on any atom is -0.593 e. The Morgan fingerprint density at radius 3 is 2.63 bits per heavy atom. The van der Waals surface area contributed by atoms with Crippen molar-refractivity contribution in [3.63, 3.8) is 0 Å². The molecule has 2 rings (SSSR count). The average Bonchev–Trinajstić information content (AvgIpc) is 2.75. The summed E-state index contributed by atoms with van der Waals surface area (Å²) in [6.07, 6.45) is 1.91. The minimum atomic E-state index is -3.43. The molecule has 0 aliphatic rings. The SMILES string of the molecule is Cc1cccc([S+](=O)([O-])N(C)Cc2cccn2C)c1. The van der Waals surface area contributed by atoms with E-state index in [0.717, 1.165) is 11.3 Å². The van der Waals surface area contributed by atoms with Crippen molar-refractivity contribution in [1.29, 1.82) is 0 Å². The summed E-state index contributed by atoms with van der Waals surface area (Å²) in [6.45, 7) is 2.25. The predicted octanol–water partition coefficient (Wildman–Crippen LogP) is 2.37. The first-order valence-corrected chi connectivity index (χ1v) is 7.48. The topological polar surface area (TPSA) is 48.3 Å². The van der Waals surface area contributed by atoms with E-state index in [4.69, 9.17) is 0 Å². The minimum absolute atomic E-state index is 0.337. The lowest BCUT2D eigenvalue weighted by Crippen LogP contribution is -2.33. The van der Waals surface area contributed by atoms with Gasteiger partial charge in [0.05, 0.1) is 6.54 Å². The van der Waals surface area contributed by atoms with Gasteiger partial charge in [-0.1, -0.05) is 16.3 Å². The maximum Gasteiger partial charge on any atom is 0.175 e. The van der Waals surface area contributed by atoms with Crippen LogP contribution in [0.3, 0.4) is 0 Å². The zero-order valence-corrected chi connectivity index (χ0v) is 12.2. The molecule has 0 amide bonds. The molecular formula is C14H18N2O2S. The summed E-state index contributed by atoms with van der Waals surface area (Å²) < 4.78 is 28.2. The molecule has 0 N–H and O–H groups in total. The van der Waals surface area contributed by atoms with Gasteiger partial charge in [0.25, 0.3) is 0 Å². The molecule has 0 saturated heterocycles. The number of hydrogen-bond donors (Lipinski definition) is 0. The lowest BCUT2D eigenvalue weighted by molar-refractivity contribution is 0.382. The molecule has 0 saturated carbocycles. The van der Waals surface area contributed by atoms with Crippen LogP contribution in [0.25, 0.3) is 0 Å². The van der Waals surface area contributed by atoms with Crippen molar-refractivity contribution in [1.82, 2.24) is 8.87 Å². The van der Waals surface area contributed by atoms with Gasteiger partial charge in [0.1, 0.15) is 0 Å². The van der Waals surface area contributed by atoms with Crippen LogP contribution in [0.2, 0.25) is 0 Å². The summed E-state index contributed by atoms with van der Waals surface area (Å²) in [6, 6.07) is 10.8. The Bertz CT molecular complexity index is 621. The van der Waals surface area contributed by atoms with Crippen LogP contribution in [0, 0.1) is 6.92 Å². The van der Waals surface area contributed by atoms with Crippen molar-refractivity contribution in [3.8, 4) is 0 Å². The Morgan fingerprint density at radius 1 is 1.32 bits per heavy atom. The molecule has 102 valence electrons. The molecule has 0 aliphatic carbocycles. The van der Waals surface area contributed by atoms with Gasteiger partial charge < -0.3 is 9.12 Å². The molecule has 1 atom stereocenters. The molecule has 1 heterocycles. The van der Waals surface area contributed by atoms with E-state index in [9.17, 15) is 8.76 Å². The molecule has 5 heteroatoms. The van der Waals surface area contributed by atoms with Gasteiger partial charge in [0.15, 0.2) is 15.3 Å². The maximum absolute atomic E-state index is 12.4. The van der Waals surface area contributed by atoms with Crippen LogP contribution in [-0.4, -0.2) is 20.5 Å². The van der Waals surface area contributed by atoms with E-state index < -0.39 is 10.4 Å². The normalized spacial score (nSPS) is 14.6. The van der Waals surface area contributed by atoms with Crippen molar-refractivity contribution in [2.45, 2.75) is 18.4 Å². The smallest absolute Gasteiger partial charge is 0.175 e. The Kier molecular flexibility index (Phi) is 3.89. The molecule has 1 unspecified atom stereocenters. The number of aryl methyl sites for hydroxylation is 2. The van der Waals surface area contributed by atoms with Gasteiger partial charge in [-0.15, -0.1) is 4.31 Å². The molecule has 0 bridgehead atoms. The van der Waals surface area contributed by atoms with Crippen LogP contribution in [0.1, 0.15) is 11.3 Å². The van der Waals surface area contributed by atoms with Crippen LogP contribution in [0.15, 0.2) is 47.5 Å². The molecule has 1 aromatic heterocycles. The van der Waals surface area contributed by atoms with Gasteiger partial charge in [-0.25, -0.2) is 0 Å². The van der Waals surface area contributed by atoms with Crippen LogP contribution in [0.5, 0.6) is 0 Å². The number of aromatic nitrogens is 1. The van der Waals surface area contributed by atoms with E-state index in [2.05, 4.69) is 0 Å². The zero-order valence-electron chi connectivity index (χ0n) is 11.4. The highest BCUT2D eigenvalue weighted by Gasteiger charge is 2.27. The van der Waals surface area contributed by atoms with E-state index in [1.165, 1.54) is 4.31 Å². The fraction of sp³-hybridized carbons (Fsp3) is 0.286. The maximum atomic E-state index is 12.4. The molecular weight excluding hydrogens is 260 g/mol. The second-order valence-electron chi connectivity index (χ2n) is 4.69. The Hall–Kier alpha value is -1.43. The summed E-state index contributed by atoms with van der Waals surface area (Å²) in [5.41, 5.74) is 1.90. The van der Waals surface area contributed by atoms with Gasteiger partial charge in [-0.3, -0.25) is 0 Å². The quantitative estimate of drug-likeness (QED) is 0.806. The highest BCUT2D eigenvalue weighted by molar-refractivity contribution is 7.95. The van der Waals surface area contributed by atoms with Gasteiger partial charge in [-0.05, 0) is 36.8 Å². The molecule has 0 aliphatic heterocycles. The second-order valence-corrected chi connectivity index (χ2v) is 6.73. The predicted molar refractivity (Wildman–Crippen MR) is 75.2 cm³/mol. The van der Waals surface area contributed by atoms with Gasteiger partial charge in [-0.2, -0.15) is 0 Å². The number of sulfonamides is 1. The molecule has 0 fully saturated rings. The lowest BCUT2D eigenvalue weighted by atomic mass is 10.2. The third kappa shape index (κ3) is 2.94. The standard InChI is InChI=1S/C14H18N2O2S/c1-12-6-4-8-14(10-12)19(17,18)16(3)11-13-7-5-9-15(13)2/h4-10H,11H2,1-3H3. The molecule has 0 spiro atoms. The summed E-state index contributed by atoms with van der Waals surface area (Å²) in [4.78, 5) is 0.337. The Morgan fingerprint density at radius 2 is 2.05 bits per heavy atom. The first-order valence-electron chi connectivity index (χ1n) is 6.04. The Balaban J connectivity index is 2.24. The van der Waals surface area contributed by atoms with Crippen molar-refractivity contribution in [2.75, 3.05) is 7.05 Å². The number of rotatable bonds is 4. The van der Waals surface area contributed by atoms with Crippen molar-refractivity contribution in [2.24, 2.45) is 7.05 Å². The molecule has 2 aromatic rings. The van der Waals surface area contributed by atoms with Crippen LogP contribution in [0.4, 0.5) is 0 Å². The first kappa shape index (κ1) is 14.0. The third-order valence-corrected chi connectivity index (χ3v) is 4.93. The average molecular weight is 278 g/mol. The number of benzene rings is 1. The zero-order chi connectivity index (χ0) is 14.0. The number of nitrogens with zero attached hydrogens (tertiary/aromatic N) is 2. The van der Waals surface area contributed by atoms with E-state index in [1.807, 2.05) is 42.9 Å². The van der Waals surface area contributed by atoms with E-state index in [1.54, 1.807) is 25.2 Å². The van der Waals surface area contributed by atoms with Gasteiger partial charge >= 0.3 is 0 Å². The molecule has 19 heavy (non-hydrogen) atoms. The van der Waals surface area contributed by atoms with Crippen molar-refractivity contribution >= 4 is 10.4 Å².